The highest BCUT2D eigenvalue weighted by molar-refractivity contribution is 7.98. The van der Waals surface area contributed by atoms with Crippen LogP contribution in [0.15, 0.2) is 83.8 Å². The molecule has 0 aliphatic carbocycles. The Morgan fingerprint density at radius 2 is 1.64 bits per heavy atom. The Morgan fingerprint density at radius 1 is 0.929 bits per heavy atom. The van der Waals surface area contributed by atoms with Gasteiger partial charge in [0.2, 0.25) is 0 Å². The largest absolute Gasteiger partial charge is 0.486 e. The van der Waals surface area contributed by atoms with Crippen molar-refractivity contribution in [3.8, 4) is 11.5 Å². The second-order valence-electron chi connectivity index (χ2n) is 6.48. The zero-order valence-electron chi connectivity index (χ0n) is 15.3. The number of carbonyl (C=O) groups is 1. The van der Waals surface area contributed by atoms with E-state index in [0.717, 1.165) is 16.4 Å². The molecule has 0 radical (unpaired) electrons. The fourth-order valence-electron chi connectivity index (χ4n) is 2.98. The zero-order chi connectivity index (χ0) is 19.2. The lowest BCUT2D eigenvalue weighted by atomic mass is 10.2. The molecule has 1 amide bonds. The van der Waals surface area contributed by atoms with Gasteiger partial charge in [-0.3, -0.25) is 4.79 Å². The van der Waals surface area contributed by atoms with E-state index in [-0.39, 0.29) is 12.0 Å². The molecule has 0 aromatic heterocycles. The van der Waals surface area contributed by atoms with Crippen molar-refractivity contribution in [1.29, 1.82) is 0 Å². The normalized spacial score (nSPS) is 15.1. The molecule has 4 rings (SSSR count). The summed E-state index contributed by atoms with van der Waals surface area (Å²) in [6.45, 7) is 0.812. The van der Waals surface area contributed by atoms with E-state index in [9.17, 15) is 4.79 Å². The van der Waals surface area contributed by atoms with E-state index in [1.54, 1.807) is 11.8 Å². The third kappa shape index (κ3) is 4.49. The topological polar surface area (TPSA) is 47.6 Å². The van der Waals surface area contributed by atoms with Crippen LogP contribution in [-0.2, 0) is 5.75 Å². The molecule has 1 N–H and O–H groups in total. The summed E-state index contributed by atoms with van der Waals surface area (Å²) in [6, 6.07) is 25.5. The first kappa shape index (κ1) is 18.4. The quantitative estimate of drug-likeness (QED) is 0.627. The number of benzene rings is 3. The second kappa shape index (κ2) is 8.85. The van der Waals surface area contributed by atoms with Crippen LogP contribution < -0.4 is 14.8 Å². The van der Waals surface area contributed by atoms with E-state index < -0.39 is 0 Å². The van der Waals surface area contributed by atoms with Crippen LogP contribution in [0.3, 0.4) is 0 Å². The van der Waals surface area contributed by atoms with E-state index in [0.29, 0.717) is 24.5 Å². The lowest BCUT2D eigenvalue weighted by molar-refractivity contribution is 0.0787. The molecule has 4 nitrogen and oxygen atoms in total. The summed E-state index contributed by atoms with van der Waals surface area (Å²) in [5.74, 6) is 2.18. The number of carbonyl (C=O) groups excluding carboxylic acids is 1. The standard InChI is InChI=1S/C23H21NO3S/c25-23(24-14-18-15-26-20-11-5-6-12-21(20)27-18)19-10-4-7-13-22(19)28-16-17-8-2-1-3-9-17/h1-13,18H,14-16H2,(H,24,25)/t18-/m1/s1. The molecular formula is C23H21NO3S. The maximum absolute atomic E-state index is 12.7. The van der Waals surface area contributed by atoms with Crippen molar-refractivity contribution >= 4 is 17.7 Å². The molecule has 3 aromatic carbocycles. The van der Waals surface area contributed by atoms with Crippen molar-refractivity contribution in [1.82, 2.24) is 5.32 Å². The maximum Gasteiger partial charge on any atom is 0.252 e. The molecule has 3 aromatic rings. The number of thioether (sulfide) groups is 1. The van der Waals surface area contributed by atoms with Gasteiger partial charge in [0, 0.05) is 10.6 Å². The summed E-state index contributed by atoms with van der Waals surface area (Å²) >= 11 is 1.66. The number of fused-ring (bicyclic) bond motifs is 1. The Hall–Kier alpha value is -2.92. The molecular weight excluding hydrogens is 370 g/mol. The Labute approximate surface area is 168 Å². The molecule has 1 aliphatic rings. The summed E-state index contributed by atoms with van der Waals surface area (Å²) < 4.78 is 11.6. The van der Waals surface area contributed by atoms with Crippen molar-refractivity contribution in [2.45, 2.75) is 16.8 Å². The fourth-order valence-corrected chi connectivity index (χ4v) is 3.99. The minimum atomic E-state index is -0.206. The molecule has 0 bridgehead atoms. The van der Waals surface area contributed by atoms with Gasteiger partial charge in [0.25, 0.3) is 5.91 Å². The van der Waals surface area contributed by atoms with Gasteiger partial charge in [0.1, 0.15) is 12.7 Å². The lowest BCUT2D eigenvalue weighted by Crippen LogP contribution is -2.40. The summed E-state index contributed by atoms with van der Waals surface area (Å²) in [4.78, 5) is 13.7. The first-order valence-electron chi connectivity index (χ1n) is 9.22. The molecule has 142 valence electrons. The predicted octanol–water partition coefficient (Wildman–Crippen LogP) is 4.55. The average molecular weight is 391 g/mol. The number of nitrogens with one attached hydrogen (secondary N) is 1. The Balaban J connectivity index is 1.36. The minimum Gasteiger partial charge on any atom is -0.486 e. The molecule has 28 heavy (non-hydrogen) atoms. The third-order valence-electron chi connectivity index (χ3n) is 4.43. The van der Waals surface area contributed by atoms with Crippen LogP contribution in [0.4, 0.5) is 0 Å². The number of rotatable bonds is 6. The highest BCUT2D eigenvalue weighted by Crippen LogP contribution is 2.31. The Bertz CT molecular complexity index is 945. The fraction of sp³-hybridized carbons (Fsp3) is 0.174. The summed E-state index contributed by atoms with van der Waals surface area (Å²) in [6.07, 6.45) is -0.206. The van der Waals surface area contributed by atoms with E-state index in [4.69, 9.17) is 9.47 Å². The molecule has 0 unspecified atom stereocenters. The highest BCUT2D eigenvalue weighted by atomic mass is 32.2. The molecule has 1 heterocycles. The lowest BCUT2D eigenvalue weighted by Gasteiger charge is -2.26. The molecule has 1 atom stereocenters. The van der Waals surface area contributed by atoms with Crippen LogP contribution >= 0.6 is 11.8 Å². The van der Waals surface area contributed by atoms with Gasteiger partial charge in [-0.15, -0.1) is 11.8 Å². The van der Waals surface area contributed by atoms with Crippen LogP contribution in [0.2, 0.25) is 0 Å². The molecule has 0 fully saturated rings. The van der Waals surface area contributed by atoms with Gasteiger partial charge < -0.3 is 14.8 Å². The third-order valence-corrected chi connectivity index (χ3v) is 5.57. The monoisotopic (exact) mass is 391 g/mol. The first-order chi connectivity index (χ1) is 13.8. The van der Waals surface area contributed by atoms with Crippen LogP contribution in [-0.4, -0.2) is 25.2 Å². The van der Waals surface area contributed by atoms with Gasteiger partial charge in [-0.25, -0.2) is 0 Å². The van der Waals surface area contributed by atoms with Gasteiger partial charge >= 0.3 is 0 Å². The Kier molecular flexibility index (Phi) is 5.83. The smallest absolute Gasteiger partial charge is 0.252 e. The molecule has 0 spiro atoms. The van der Waals surface area contributed by atoms with Crippen LogP contribution in [0.5, 0.6) is 11.5 Å². The van der Waals surface area contributed by atoms with Crippen molar-refractivity contribution in [3.05, 3.63) is 90.0 Å². The summed E-state index contributed by atoms with van der Waals surface area (Å²) in [5, 5.41) is 2.98. The average Bonchev–Trinajstić information content (AvgIpc) is 2.77. The number of para-hydroxylation sites is 2. The van der Waals surface area contributed by atoms with E-state index >= 15 is 0 Å². The molecule has 5 heteroatoms. The minimum absolute atomic E-state index is 0.0985. The first-order valence-corrected chi connectivity index (χ1v) is 10.2. The number of ether oxygens (including phenoxy) is 2. The van der Waals surface area contributed by atoms with Crippen LogP contribution in [0, 0.1) is 0 Å². The number of hydrogen-bond acceptors (Lipinski definition) is 4. The number of amides is 1. The van der Waals surface area contributed by atoms with Gasteiger partial charge in [0.15, 0.2) is 11.5 Å². The molecule has 0 saturated carbocycles. The highest BCUT2D eigenvalue weighted by Gasteiger charge is 2.21. The zero-order valence-corrected chi connectivity index (χ0v) is 16.2. The molecule has 0 saturated heterocycles. The Morgan fingerprint density at radius 3 is 2.50 bits per heavy atom. The summed E-state index contributed by atoms with van der Waals surface area (Å²) in [5.41, 5.74) is 1.91. The van der Waals surface area contributed by atoms with Crippen LogP contribution in [0.1, 0.15) is 15.9 Å². The summed E-state index contributed by atoms with van der Waals surface area (Å²) in [7, 11) is 0. The van der Waals surface area contributed by atoms with Gasteiger partial charge in [-0.2, -0.15) is 0 Å². The van der Waals surface area contributed by atoms with Crippen molar-refractivity contribution in [2.75, 3.05) is 13.2 Å². The van der Waals surface area contributed by atoms with Gasteiger partial charge in [-0.1, -0.05) is 54.6 Å². The van der Waals surface area contributed by atoms with Crippen LogP contribution in [0.25, 0.3) is 0 Å². The molecule has 1 aliphatic heterocycles. The van der Waals surface area contributed by atoms with Crippen molar-refractivity contribution in [3.63, 3.8) is 0 Å². The van der Waals surface area contributed by atoms with Gasteiger partial charge in [-0.05, 0) is 29.8 Å². The SMILES string of the molecule is O=C(NC[C@@H]1COc2ccccc2O1)c1ccccc1SCc1ccccc1. The predicted molar refractivity (Wildman–Crippen MR) is 111 cm³/mol. The second-order valence-corrected chi connectivity index (χ2v) is 7.50. The van der Waals surface area contributed by atoms with E-state index in [1.807, 2.05) is 66.7 Å². The number of hydrogen-bond donors (Lipinski definition) is 1. The van der Waals surface area contributed by atoms with Crippen molar-refractivity contribution in [2.24, 2.45) is 0 Å². The van der Waals surface area contributed by atoms with Crippen molar-refractivity contribution < 1.29 is 14.3 Å². The van der Waals surface area contributed by atoms with Gasteiger partial charge in [0.05, 0.1) is 12.1 Å². The van der Waals surface area contributed by atoms with E-state index in [1.165, 1.54) is 5.56 Å². The van der Waals surface area contributed by atoms with E-state index in [2.05, 4.69) is 17.4 Å². The maximum atomic E-state index is 12.7.